The van der Waals surface area contributed by atoms with Gasteiger partial charge in [-0.1, -0.05) is 29.3 Å². The SMILES string of the molecule is Clc1cc(-c2ccccn2)cc(Cl)n1. The number of pyridine rings is 2. The molecular formula is C10H6Cl2N2. The largest absolute Gasteiger partial charge is 0.256 e. The van der Waals surface area contributed by atoms with Crippen LogP contribution in [-0.4, -0.2) is 9.97 Å². The third-order valence-corrected chi connectivity index (χ3v) is 2.11. The molecule has 0 unspecified atom stereocenters. The van der Waals surface area contributed by atoms with Crippen LogP contribution in [0, 0.1) is 0 Å². The minimum atomic E-state index is 0.373. The third kappa shape index (κ3) is 2.03. The van der Waals surface area contributed by atoms with Crippen LogP contribution in [0.5, 0.6) is 0 Å². The predicted octanol–water partition coefficient (Wildman–Crippen LogP) is 3.45. The molecule has 0 bridgehead atoms. The maximum Gasteiger partial charge on any atom is 0.131 e. The average molecular weight is 225 g/mol. The highest BCUT2D eigenvalue weighted by Crippen LogP contribution is 2.22. The minimum Gasteiger partial charge on any atom is -0.256 e. The molecule has 0 saturated heterocycles. The van der Waals surface area contributed by atoms with E-state index in [1.165, 1.54) is 0 Å². The van der Waals surface area contributed by atoms with E-state index in [4.69, 9.17) is 23.2 Å². The van der Waals surface area contributed by atoms with Crippen molar-refractivity contribution in [3.63, 3.8) is 0 Å². The third-order valence-electron chi connectivity index (χ3n) is 1.72. The molecule has 2 rings (SSSR count). The number of nitrogens with zero attached hydrogens (tertiary/aromatic N) is 2. The van der Waals surface area contributed by atoms with Gasteiger partial charge in [-0.2, -0.15) is 0 Å². The van der Waals surface area contributed by atoms with E-state index >= 15 is 0 Å². The number of hydrogen-bond donors (Lipinski definition) is 0. The average Bonchev–Trinajstić information content (AvgIpc) is 2.18. The van der Waals surface area contributed by atoms with E-state index in [-0.39, 0.29) is 0 Å². The second-order valence-corrected chi connectivity index (χ2v) is 3.49. The normalized spacial score (nSPS) is 10.1. The van der Waals surface area contributed by atoms with Crippen LogP contribution in [-0.2, 0) is 0 Å². The van der Waals surface area contributed by atoms with Crippen molar-refractivity contribution >= 4 is 23.2 Å². The maximum absolute atomic E-state index is 5.78. The molecule has 0 aromatic carbocycles. The molecule has 14 heavy (non-hydrogen) atoms. The Bertz CT molecular complexity index is 423. The lowest BCUT2D eigenvalue weighted by atomic mass is 10.2. The van der Waals surface area contributed by atoms with Crippen molar-refractivity contribution < 1.29 is 0 Å². The number of hydrogen-bond acceptors (Lipinski definition) is 2. The number of rotatable bonds is 1. The molecule has 0 N–H and O–H groups in total. The molecule has 70 valence electrons. The monoisotopic (exact) mass is 224 g/mol. The summed E-state index contributed by atoms with van der Waals surface area (Å²) in [5.41, 5.74) is 1.70. The Morgan fingerprint density at radius 2 is 1.71 bits per heavy atom. The maximum atomic E-state index is 5.78. The summed E-state index contributed by atoms with van der Waals surface area (Å²) in [7, 11) is 0. The molecule has 4 heteroatoms. The fourth-order valence-corrected chi connectivity index (χ4v) is 1.61. The highest BCUT2D eigenvalue weighted by molar-refractivity contribution is 6.32. The standard InChI is InChI=1S/C10H6Cl2N2/c11-9-5-7(6-10(12)14-9)8-3-1-2-4-13-8/h1-6H. The molecule has 0 radical (unpaired) electrons. The van der Waals surface area contributed by atoms with Gasteiger partial charge in [0.05, 0.1) is 5.69 Å². The molecular weight excluding hydrogens is 219 g/mol. The second-order valence-electron chi connectivity index (χ2n) is 2.72. The summed E-state index contributed by atoms with van der Waals surface area (Å²) in [4.78, 5) is 8.05. The van der Waals surface area contributed by atoms with E-state index in [9.17, 15) is 0 Å². The first-order valence-corrected chi connectivity index (χ1v) is 4.76. The first-order chi connectivity index (χ1) is 6.75. The molecule has 2 aromatic rings. The summed E-state index contributed by atoms with van der Waals surface area (Å²) in [6.45, 7) is 0. The number of halogens is 2. The van der Waals surface area contributed by atoms with E-state index < -0.39 is 0 Å². The van der Waals surface area contributed by atoms with Gasteiger partial charge in [0.15, 0.2) is 0 Å². The van der Waals surface area contributed by atoms with Gasteiger partial charge in [0.25, 0.3) is 0 Å². The van der Waals surface area contributed by atoms with Gasteiger partial charge in [0, 0.05) is 11.8 Å². The Labute approximate surface area is 91.5 Å². The molecule has 0 atom stereocenters. The van der Waals surface area contributed by atoms with Crippen molar-refractivity contribution in [2.75, 3.05) is 0 Å². The highest BCUT2D eigenvalue weighted by Gasteiger charge is 2.02. The first kappa shape index (κ1) is 9.44. The van der Waals surface area contributed by atoms with Crippen molar-refractivity contribution in [3.8, 4) is 11.3 Å². The summed E-state index contributed by atoms with van der Waals surface area (Å²) >= 11 is 11.6. The van der Waals surface area contributed by atoms with E-state index in [1.54, 1.807) is 18.3 Å². The van der Waals surface area contributed by atoms with E-state index in [0.29, 0.717) is 10.3 Å². The van der Waals surface area contributed by atoms with Gasteiger partial charge in [-0.25, -0.2) is 4.98 Å². The summed E-state index contributed by atoms with van der Waals surface area (Å²) in [5, 5.41) is 0.747. The van der Waals surface area contributed by atoms with Crippen LogP contribution in [0.25, 0.3) is 11.3 Å². The van der Waals surface area contributed by atoms with Crippen LogP contribution in [0.1, 0.15) is 0 Å². The van der Waals surface area contributed by atoms with Crippen LogP contribution in [0.2, 0.25) is 10.3 Å². The Kier molecular flexibility index (Phi) is 2.66. The zero-order valence-corrected chi connectivity index (χ0v) is 8.63. The fourth-order valence-electron chi connectivity index (χ4n) is 1.15. The van der Waals surface area contributed by atoms with Crippen molar-refractivity contribution in [1.29, 1.82) is 0 Å². The first-order valence-electron chi connectivity index (χ1n) is 4.00. The van der Waals surface area contributed by atoms with Gasteiger partial charge < -0.3 is 0 Å². The molecule has 0 aliphatic heterocycles. The van der Waals surface area contributed by atoms with E-state index in [2.05, 4.69) is 9.97 Å². The molecule has 0 amide bonds. The molecule has 0 fully saturated rings. The van der Waals surface area contributed by atoms with Gasteiger partial charge >= 0.3 is 0 Å². The lowest BCUT2D eigenvalue weighted by Gasteiger charge is -2.00. The van der Waals surface area contributed by atoms with Gasteiger partial charge in [-0.3, -0.25) is 4.98 Å². The van der Waals surface area contributed by atoms with Crippen molar-refractivity contribution in [1.82, 2.24) is 9.97 Å². The number of aromatic nitrogens is 2. The lowest BCUT2D eigenvalue weighted by molar-refractivity contribution is 1.29. The quantitative estimate of drug-likeness (QED) is 0.694. The Balaban J connectivity index is 2.52. The molecule has 2 nitrogen and oxygen atoms in total. The second kappa shape index (κ2) is 3.95. The summed E-state index contributed by atoms with van der Waals surface area (Å²) in [5.74, 6) is 0. The van der Waals surface area contributed by atoms with Crippen molar-refractivity contribution in [3.05, 3.63) is 46.8 Å². The van der Waals surface area contributed by atoms with Crippen LogP contribution >= 0.6 is 23.2 Å². The van der Waals surface area contributed by atoms with Crippen LogP contribution in [0.3, 0.4) is 0 Å². The van der Waals surface area contributed by atoms with Crippen LogP contribution in [0.4, 0.5) is 0 Å². The highest BCUT2D eigenvalue weighted by atomic mass is 35.5. The zero-order chi connectivity index (χ0) is 9.97. The van der Waals surface area contributed by atoms with Gasteiger partial charge in [0.1, 0.15) is 10.3 Å². The smallest absolute Gasteiger partial charge is 0.131 e. The van der Waals surface area contributed by atoms with Crippen molar-refractivity contribution in [2.24, 2.45) is 0 Å². The Morgan fingerprint density at radius 3 is 2.29 bits per heavy atom. The topological polar surface area (TPSA) is 25.8 Å². The predicted molar refractivity (Wildman–Crippen MR) is 57.5 cm³/mol. The summed E-state index contributed by atoms with van der Waals surface area (Å²) in [6, 6.07) is 9.12. The summed E-state index contributed by atoms with van der Waals surface area (Å²) < 4.78 is 0. The van der Waals surface area contributed by atoms with Gasteiger partial charge in [-0.05, 0) is 24.3 Å². The minimum absolute atomic E-state index is 0.373. The van der Waals surface area contributed by atoms with Gasteiger partial charge in [0.2, 0.25) is 0 Å². The molecule has 0 aliphatic rings. The van der Waals surface area contributed by atoms with Gasteiger partial charge in [-0.15, -0.1) is 0 Å². The van der Waals surface area contributed by atoms with E-state index in [1.807, 2.05) is 18.2 Å². The molecule has 0 spiro atoms. The van der Waals surface area contributed by atoms with E-state index in [0.717, 1.165) is 11.3 Å². The fraction of sp³-hybridized carbons (Fsp3) is 0. The zero-order valence-electron chi connectivity index (χ0n) is 7.11. The Morgan fingerprint density at radius 1 is 1.00 bits per heavy atom. The molecule has 2 heterocycles. The molecule has 0 saturated carbocycles. The lowest BCUT2D eigenvalue weighted by Crippen LogP contribution is -1.84. The molecule has 2 aromatic heterocycles. The summed E-state index contributed by atoms with van der Waals surface area (Å²) in [6.07, 6.45) is 1.72. The molecule has 0 aliphatic carbocycles. The van der Waals surface area contributed by atoms with Crippen LogP contribution < -0.4 is 0 Å². The Hall–Kier alpha value is -1.12. The van der Waals surface area contributed by atoms with Crippen molar-refractivity contribution in [2.45, 2.75) is 0 Å². The van der Waals surface area contributed by atoms with Crippen LogP contribution in [0.15, 0.2) is 36.5 Å².